The third-order valence-corrected chi connectivity index (χ3v) is 6.90. The summed E-state index contributed by atoms with van der Waals surface area (Å²) in [4.78, 5) is 9.65. The number of nitrogens with zero attached hydrogens (tertiary/aromatic N) is 3. The molecule has 3 aromatic rings. The number of hydrogen-bond donors (Lipinski definition) is 0. The quantitative estimate of drug-likeness (QED) is 0.266. The van der Waals surface area contributed by atoms with E-state index in [1.807, 2.05) is 24.3 Å². The van der Waals surface area contributed by atoms with Crippen molar-refractivity contribution in [2.75, 3.05) is 0 Å². The number of hydrogen-bond acceptors (Lipinski definition) is 3. The minimum absolute atomic E-state index is 0.422. The molecule has 0 N–H and O–H groups in total. The molecule has 0 aliphatic heterocycles. The Bertz CT molecular complexity index is 1570. The maximum atomic E-state index is 10.4. The van der Waals surface area contributed by atoms with Gasteiger partial charge in [-0.2, -0.15) is 5.26 Å². The molecule has 2 aliphatic carbocycles. The second-order valence-corrected chi connectivity index (χ2v) is 9.82. The van der Waals surface area contributed by atoms with Gasteiger partial charge in [0.15, 0.2) is 0 Å². The fraction of sp³-hybridized carbons (Fsp3) is 0.182. The molecule has 2 heterocycles. The van der Waals surface area contributed by atoms with Crippen LogP contribution < -0.4 is 0 Å². The van der Waals surface area contributed by atoms with Crippen LogP contribution in [-0.2, 0) is 0 Å². The Balaban J connectivity index is 1.85. The summed E-state index contributed by atoms with van der Waals surface area (Å²) < 4.78 is 0. The standard InChI is InChI=1S/C33H29N3/c1-20(2)25-14-11-22(4)32-26(17-25)23(5)16-28(32)33-29(19-34)27(24-12-9-21(3)10-13-24)18-31(36-33)30-8-6-7-15-35-30/h6-18,20H,1-5H3. The number of rotatable bonds is 4. The molecule has 0 spiro atoms. The van der Waals surface area contributed by atoms with Crippen LogP contribution in [-0.4, -0.2) is 9.97 Å². The molecule has 0 saturated carbocycles. The number of nitriles is 1. The molecule has 0 amide bonds. The van der Waals surface area contributed by atoms with E-state index in [0.29, 0.717) is 17.2 Å². The molecule has 1 aromatic carbocycles. The van der Waals surface area contributed by atoms with Crippen LogP contribution in [0.1, 0.15) is 47.6 Å². The maximum absolute atomic E-state index is 10.4. The minimum Gasteiger partial charge on any atom is -0.255 e. The Labute approximate surface area is 213 Å². The minimum atomic E-state index is 0.422. The van der Waals surface area contributed by atoms with E-state index in [9.17, 15) is 5.26 Å². The normalized spacial score (nSPS) is 11.1. The fourth-order valence-electron chi connectivity index (χ4n) is 4.84. The van der Waals surface area contributed by atoms with Crippen LogP contribution in [0.25, 0.3) is 44.9 Å². The molecule has 176 valence electrons. The van der Waals surface area contributed by atoms with Crippen LogP contribution in [0.15, 0.2) is 79.0 Å². The molecular weight excluding hydrogens is 438 g/mol. The van der Waals surface area contributed by atoms with Crippen LogP contribution in [0.5, 0.6) is 0 Å². The lowest BCUT2D eigenvalue weighted by Gasteiger charge is -2.14. The summed E-state index contributed by atoms with van der Waals surface area (Å²) in [7, 11) is 0. The summed E-state index contributed by atoms with van der Waals surface area (Å²) in [5.41, 5.74) is 12.9. The lowest BCUT2D eigenvalue weighted by Crippen LogP contribution is -1.98. The highest BCUT2D eigenvalue weighted by atomic mass is 14.8. The monoisotopic (exact) mass is 467 g/mol. The number of fused-ring (bicyclic) bond motifs is 1. The van der Waals surface area contributed by atoms with Crippen LogP contribution in [0, 0.1) is 32.1 Å². The number of benzene rings is 1. The molecule has 2 aromatic heterocycles. The largest absolute Gasteiger partial charge is 0.255 e. The van der Waals surface area contributed by atoms with E-state index in [4.69, 9.17) is 4.98 Å². The van der Waals surface area contributed by atoms with E-state index < -0.39 is 0 Å². The Morgan fingerprint density at radius 3 is 2.19 bits per heavy atom. The zero-order valence-corrected chi connectivity index (χ0v) is 21.4. The molecular formula is C33H29N3. The lowest BCUT2D eigenvalue weighted by molar-refractivity contribution is 0.868. The molecule has 2 aliphatic rings. The first-order valence-corrected chi connectivity index (χ1v) is 12.3. The Morgan fingerprint density at radius 2 is 1.53 bits per heavy atom. The van der Waals surface area contributed by atoms with Gasteiger partial charge in [-0.25, -0.2) is 4.98 Å². The second kappa shape index (κ2) is 9.40. The van der Waals surface area contributed by atoms with E-state index in [-0.39, 0.29) is 0 Å². The second-order valence-electron chi connectivity index (χ2n) is 9.82. The van der Waals surface area contributed by atoms with Gasteiger partial charge < -0.3 is 0 Å². The molecule has 0 saturated heterocycles. The van der Waals surface area contributed by atoms with Gasteiger partial charge in [-0.05, 0) is 84.3 Å². The van der Waals surface area contributed by atoms with E-state index in [2.05, 4.69) is 94.2 Å². The number of aromatic nitrogens is 2. The van der Waals surface area contributed by atoms with Gasteiger partial charge in [0, 0.05) is 17.3 Å². The molecule has 0 bridgehead atoms. The van der Waals surface area contributed by atoms with Crippen molar-refractivity contribution in [2.45, 2.75) is 40.5 Å². The summed E-state index contributed by atoms with van der Waals surface area (Å²) in [6.45, 7) is 10.8. The summed E-state index contributed by atoms with van der Waals surface area (Å²) in [6, 6.07) is 27.5. The van der Waals surface area contributed by atoms with Crippen LogP contribution >= 0.6 is 0 Å². The summed E-state index contributed by atoms with van der Waals surface area (Å²) in [5, 5.41) is 10.4. The molecule has 0 radical (unpaired) electrons. The van der Waals surface area contributed by atoms with Crippen molar-refractivity contribution in [3.8, 4) is 51.0 Å². The molecule has 36 heavy (non-hydrogen) atoms. The van der Waals surface area contributed by atoms with Gasteiger partial charge in [0.05, 0.1) is 22.6 Å². The first-order chi connectivity index (χ1) is 17.4. The topological polar surface area (TPSA) is 49.6 Å². The molecule has 3 nitrogen and oxygen atoms in total. The smallest absolute Gasteiger partial charge is 0.102 e. The van der Waals surface area contributed by atoms with E-state index in [1.54, 1.807) is 6.20 Å². The van der Waals surface area contributed by atoms with Gasteiger partial charge in [0.2, 0.25) is 0 Å². The third kappa shape index (κ3) is 4.16. The van der Waals surface area contributed by atoms with E-state index in [1.165, 1.54) is 27.8 Å². The summed E-state index contributed by atoms with van der Waals surface area (Å²) in [5.74, 6) is 0.422. The van der Waals surface area contributed by atoms with E-state index in [0.717, 1.165) is 33.6 Å². The predicted octanol–water partition coefficient (Wildman–Crippen LogP) is 8.50. The van der Waals surface area contributed by atoms with E-state index >= 15 is 0 Å². The van der Waals surface area contributed by atoms with Crippen molar-refractivity contribution in [1.29, 1.82) is 5.26 Å². The van der Waals surface area contributed by atoms with Crippen LogP contribution in [0.2, 0.25) is 0 Å². The Kier molecular flexibility index (Phi) is 6.12. The molecule has 3 heteroatoms. The van der Waals surface area contributed by atoms with Gasteiger partial charge in [-0.15, -0.1) is 0 Å². The van der Waals surface area contributed by atoms with Gasteiger partial charge in [-0.3, -0.25) is 4.98 Å². The molecule has 0 atom stereocenters. The van der Waals surface area contributed by atoms with Gasteiger partial charge in [-0.1, -0.05) is 67.9 Å². The summed E-state index contributed by atoms with van der Waals surface area (Å²) in [6.07, 6.45) is 1.78. The number of pyridine rings is 2. The highest BCUT2D eigenvalue weighted by Gasteiger charge is 2.24. The van der Waals surface area contributed by atoms with Gasteiger partial charge >= 0.3 is 0 Å². The first kappa shape index (κ1) is 23.5. The Morgan fingerprint density at radius 1 is 0.750 bits per heavy atom. The third-order valence-electron chi connectivity index (χ3n) is 6.90. The Hall–Kier alpha value is -4.29. The van der Waals surface area contributed by atoms with Crippen molar-refractivity contribution in [2.24, 2.45) is 0 Å². The highest BCUT2D eigenvalue weighted by Crippen LogP contribution is 2.44. The average molecular weight is 468 g/mol. The van der Waals surface area contributed by atoms with Gasteiger partial charge in [0.1, 0.15) is 6.07 Å². The van der Waals surface area contributed by atoms with Crippen molar-refractivity contribution in [3.63, 3.8) is 0 Å². The van der Waals surface area contributed by atoms with Crippen molar-refractivity contribution in [3.05, 3.63) is 107 Å². The zero-order chi connectivity index (χ0) is 25.4. The SMILES string of the molecule is Cc1ccc(-c2cc(-c3ccccn3)nc(-c3cc(C)c4cc(C(C)C)ccc(C)c3-4)c2C#N)cc1. The average Bonchev–Trinajstić information content (AvgIpc) is 3.10. The highest BCUT2D eigenvalue weighted by molar-refractivity contribution is 5.94. The molecule has 5 rings (SSSR count). The molecule has 0 fully saturated rings. The zero-order valence-electron chi connectivity index (χ0n) is 21.4. The van der Waals surface area contributed by atoms with Crippen molar-refractivity contribution < 1.29 is 0 Å². The fourth-order valence-corrected chi connectivity index (χ4v) is 4.84. The van der Waals surface area contributed by atoms with Crippen LogP contribution in [0.3, 0.4) is 0 Å². The van der Waals surface area contributed by atoms with Gasteiger partial charge in [0.25, 0.3) is 0 Å². The predicted molar refractivity (Wildman–Crippen MR) is 148 cm³/mol. The summed E-state index contributed by atoms with van der Waals surface area (Å²) >= 11 is 0. The molecule has 0 unspecified atom stereocenters. The first-order valence-electron chi connectivity index (χ1n) is 12.3. The maximum Gasteiger partial charge on any atom is 0.102 e. The van der Waals surface area contributed by atoms with Crippen molar-refractivity contribution >= 4 is 0 Å². The van der Waals surface area contributed by atoms with Crippen molar-refractivity contribution in [1.82, 2.24) is 9.97 Å². The van der Waals surface area contributed by atoms with Crippen LogP contribution in [0.4, 0.5) is 0 Å². The number of aryl methyl sites for hydroxylation is 3. The lowest BCUT2D eigenvalue weighted by atomic mass is 9.93.